The van der Waals surface area contributed by atoms with Crippen LogP contribution >= 0.6 is 0 Å². The van der Waals surface area contributed by atoms with Crippen molar-refractivity contribution < 1.29 is 5.11 Å². The van der Waals surface area contributed by atoms with E-state index in [4.69, 9.17) is 0 Å². The topological polar surface area (TPSA) is 20.2 Å². The molecule has 0 aliphatic rings. The van der Waals surface area contributed by atoms with Gasteiger partial charge in [-0.3, -0.25) is 0 Å². The molecule has 0 heterocycles. The fraction of sp³-hybridized carbons (Fsp3) is 1.00. The first-order valence-corrected chi connectivity index (χ1v) is 13.7. The summed E-state index contributed by atoms with van der Waals surface area (Å²) in [7, 11) is -2.38. The predicted molar refractivity (Wildman–Crippen MR) is 80.7 cm³/mol. The first-order valence-electron chi connectivity index (χ1n) is 6.43. The molecule has 0 unspecified atom stereocenters. The zero-order valence-electron chi connectivity index (χ0n) is 12.8. The molecule has 0 aromatic rings. The molecule has 0 fully saturated rings. The van der Waals surface area contributed by atoms with Crippen molar-refractivity contribution in [1.82, 2.24) is 0 Å². The maximum atomic E-state index is 10.6. The molecule has 0 bridgehead atoms. The van der Waals surface area contributed by atoms with Gasteiger partial charge in [-0.25, -0.2) is 0 Å². The smallest absolute Gasteiger partial charge is 0.0590 e. The normalized spacial score (nSPS) is 18.4. The fourth-order valence-electron chi connectivity index (χ4n) is 2.15. The summed E-state index contributed by atoms with van der Waals surface area (Å²) in [5.41, 5.74) is 0.559. The van der Waals surface area contributed by atoms with Crippen LogP contribution in [-0.2, 0) is 0 Å². The van der Waals surface area contributed by atoms with E-state index in [1.807, 2.05) is 0 Å². The molecule has 0 aliphatic carbocycles. The maximum absolute atomic E-state index is 10.6. The van der Waals surface area contributed by atoms with Crippen LogP contribution in [0.15, 0.2) is 0 Å². The molecule has 0 aromatic heterocycles. The van der Waals surface area contributed by atoms with E-state index in [0.717, 1.165) is 0 Å². The summed E-state index contributed by atoms with van der Waals surface area (Å²) in [5, 5.41) is 10.6. The van der Waals surface area contributed by atoms with E-state index in [2.05, 4.69) is 60.1 Å². The van der Waals surface area contributed by atoms with Crippen LogP contribution in [0.5, 0.6) is 0 Å². The molecule has 0 spiro atoms. The first-order chi connectivity index (χ1) is 6.75. The number of hydrogen-bond donors (Lipinski definition) is 1. The molecule has 0 radical (unpaired) electrons. The Morgan fingerprint density at radius 1 is 0.938 bits per heavy atom. The number of hydrogen-bond acceptors (Lipinski definition) is 1. The second-order valence-electron chi connectivity index (χ2n) is 8.55. The van der Waals surface area contributed by atoms with Gasteiger partial charge in [0.05, 0.1) is 6.10 Å². The quantitative estimate of drug-likeness (QED) is 0.741. The molecule has 16 heavy (non-hydrogen) atoms. The molecule has 1 N–H and O–H groups in total. The van der Waals surface area contributed by atoms with Crippen molar-refractivity contribution in [2.24, 2.45) is 5.41 Å². The van der Waals surface area contributed by atoms with E-state index < -0.39 is 16.1 Å². The molecule has 98 valence electrons. The minimum Gasteiger partial charge on any atom is -0.393 e. The molecule has 3 heteroatoms. The van der Waals surface area contributed by atoms with E-state index in [-0.39, 0.29) is 11.5 Å². The molecule has 0 aromatic carbocycles. The highest BCUT2D eigenvalue weighted by Crippen LogP contribution is 2.40. The van der Waals surface area contributed by atoms with Crippen LogP contribution in [0.3, 0.4) is 0 Å². The lowest BCUT2D eigenvalue weighted by Gasteiger charge is -2.42. The molecule has 0 rings (SSSR count). The largest absolute Gasteiger partial charge is 0.393 e. The van der Waals surface area contributed by atoms with Crippen LogP contribution in [0.25, 0.3) is 0 Å². The van der Waals surface area contributed by atoms with Crippen LogP contribution in [0.1, 0.15) is 20.8 Å². The minimum absolute atomic E-state index is 0.0184. The van der Waals surface area contributed by atoms with Gasteiger partial charge in [-0.15, -0.1) is 0 Å². The van der Waals surface area contributed by atoms with Gasteiger partial charge >= 0.3 is 0 Å². The van der Waals surface area contributed by atoms with Crippen molar-refractivity contribution in [1.29, 1.82) is 0 Å². The van der Waals surface area contributed by atoms with Gasteiger partial charge in [0.2, 0.25) is 0 Å². The average Bonchev–Trinajstić information content (AvgIpc) is 1.93. The summed E-state index contributed by atoms with van der Waals surface area (Å²) in [6.45, 7) is 20.9. The number of aliphatic hydroxyl groups excluding tert-OH is 1. The fourth-order valence-corrected chi connectivity index (χ4v) is 9.43. The standard InChI is InChI=1S/C13H32OSi2/c1-13(2,3)12(14)11(16(7,8)9)10-15(4,5)6/h11-12,14H,10H2,1-9H3/t11-,12-/m1/s1. The highest BCUT2D eigenvalue weighted by Gasteiger charge is 2.40. The lowest BCUT2D eigenvalue weighted by molar-refractivity contribution is 0.0580. The monoisotopic (exact) mass is 260 g/mol. The molecule has 2 atom stereocenters. The van der Waals surface area contributed by atoms with Crippen LogP contribution in [0, 0.1) is 5.41 Å². The van der Waals surface area contributed by atoms with Gasteiger partial charge in [-0.1, -0.05) is 66.1 Å². The third kappa shape index (κ3) is 5.64. The van der Waals surface area contributed by atoms with Crippen LogP contribution in [-0.4, -0.2) is 27.4 Å². The number of aliphatic hydroxyl groups is 1. The number of rotatable bonds is 4. The molecule has 0 saturated heterocycles. The summed E-state index contributed by atoms with van der Waals surface area (Å²) < 4.78 is 0. The molecule has 1 nitrogen and oxygen atoms in total. The summed E-state index contributed by atoms with van der Waals surface area (Å²) in [4.78, 5) is 0. The average molecular weight is 261 g/mol. The molecular weight excluding hydrogens is 228 g/mol. The van der Waals surface area contributed by atoms with Crippen molar-refractivity contribution in [3.8, 4) is 0 Å². The van der Waals surface area contributed by atoms with Gasteiger partial charge in [0, 0.05) is 16.1 Å². The highest BCUT2D eigenvalue weighted by atomic mass is 28.3. The van der Waals surface area contributed by atoms with E-state index in [1.165, 1.54) is 6.04 Å². The maximum Gasteiger partial charge on any atom is 0.0590 e. The van der Waals surface area contributed by atoms with Crippen LogP contribution < -0.4 is 0 Å². The Bertz CT molecular complexity index is 218. The Labute approximate surface area is 105 Å². The Morgan fingerprint density at radius 3 is 1.50 bits per heavy atom. The van der Waals surface area contributed by atoms with Crippen LogP contribution in [0.2, 0.25) is 50.9 Å². The summed E-state index contributed by atoms with van der Waals surface area (Å²) in [6, 6.07) is 1.27. The van der Waals surface area contributed by atoms with Crippen molar-refractivity contribution in [3.63, 3.8) is 0 Å². The SMILES string of the molecule is CC(C)(C)[C@H](O)[C@@H](C[Si](C)(C)C)[Si](C)(C)C. The zero-order chi connectivity index (χ0) is 13.4. The van der Waals surface area contributed by atoms with Gasteiger partial charge in [0.15, 0.2) is 0 Å². The Hall–Kier alpha value is 0.394. The van der Waals surface area contributed by atoms with Crippen LogP contribution in [0.4, 0.5) is 0 Å². The first kappa shape index (κ1) is 16.4. The Morgan fingerprint density at radius 2 is 1.31 bits per heavy atom. The Balaban J connectivity index is 4.98. The summed E-state index contributed by atoms with van der Waals surface area (Å²) in [6.07, 6.45) is -0.147. The minimum atomic E-state index is -1.28. The molecule has 0 aliphatic heterocycles. The third-order valence-corrected chi connectivity index (χ3v) is 8.03. The molecule has 0 amide bonds. The van der Waals surface area contributed by atoms with E-state index >= 15 is 0 Å². The van der Waals surface area contributed by atoms with Crippen molar-refractivity contribution in [3.05, 3.63) is 0 Å². The van der Waals surface area contributed by atoms with Crippen molar-refractivity contribution in [2.45, 2.75) is 77.7 Å². The third-order valence-electron chi connectivity index (χ3n) is 3.21. The Kier molecular flexibility index (Phi) is 5.07. The summed E-state index contributed by atoms with van der Waals surface area (Å²) >= 11 is 0. The molecule has 0 saturated carbocycles. The summed E-state index contributed by atoms with van der Waals surface area (Å²) in [5.74, 6) is 0. The van der Waals surface area contributed by atoms with Crippen molar-refractivity contribution in [2.75, 3.05) is 0 Å². The molecular formula is C13H32OSi2. The van der Waals surface area contributed by atoms with Gasteiger partial charge in [-0.2, -0.15) is 0 Å². The van der Waals surface area contributed by atoms with Gasteiger partial charge in [0.1, 0.15) is 0 Å². The van der Waals surface area contributed by atoms with E-state index in [0.29, 0.717) is 5.54 Å². The lowest BCUT2D eigenvalue weighted by atomic mass is 9.87. The highest BCUT2D eigenvalue weighted by molar-refractivity contribution is 6.82. The van der Waals surface area contributed by atoms with Crippen molar-refractivity contribution >= 4 is 16.1 Å². The second-order valence-corrected chi connectivity index (χ2v) is 19.6. The van der Waals surface area contributed by atoms with E-state index in [1.54, 1.807) is 0 Å². The van der Waals surface area contributed by atoms with E-state index in [9.17, 15) is 5.11 Å². The predicted octanol–water partition coefficient (Wildman–Crippen LogP) is 4.44. The zero-order valence-corrected chi connectivity index (χ0v) is 14.8. The lowest BCUT2D eigenvalue weighted by Crippen LogP contribution is -2.45. The van der Waals surface area contributed by atoms with Gasteiger partial charge in [0.25, 0.3) is 0 Å². The van der Waals surface area contributed by atoms with Gasteiger partial charge in [-0.05, 0) is 11.0 Å². The second kappa shape index (κ2) is 4.95. The van der Waals surface area contributed by atoms with Gasteiger partial charge < -0.3 is 5.11 Å².